The lowest BCUT2D eigenvalue weighted by Gasteiger charge is -2.36. The van der Waals surface area contributed by atoms with Gasteiger partial charge in [-0.3, -0.25) is 0 Å². The summed E-state index contributed by atoms with van der Waals surface area (Å²) in [6.45, 7) is -0.0536. The zero-order valence-electron chi connectivity index (χ0n) is 17.0. The zero-order chi connectivity index (χ0) is 21.4. The lowest BCUT2D eigenvalue weighted by molar-refractivity contribution is 0.156. The maximum Gasteiger partial charge on any atom is 0.180 e. The summed E-state index contributed by atoms with van der Waals surface area (Å²) in [6.07, 6.45) is 3.91. The van der Waals surface area contributed by atoms with E-state index in [9.17, 15) is 9.50 Å². The molecule has 1 heterocycles. The van der Waals surface area contributed by atoms with Crippen molar-refractivity contribution in [1.82, 2.24) is 0 Å². The van der Waals surface area contributed by atoms with Gasteiger partial charge in [0.2, 0.25) is 0 Å². The van der Waals surface area contributed by atoms with Gasteiger partial charge in [-0.05, 0) is 58.8 Å². The minimum absolute atomic E-state index is 0.0536. The lowest BCUT2D eigenvalue weighted by atomic mass is 9.82. The van der Waals surface area contributed by atoms with Crippen LogP contribution in [0.3, 0.4) is 0 Å². The lowest BCUT2D eigenvalue weighted by Crippen LogP contribution is -2.35. The average Bonchev–Trinajstić information content (AvgIpc) is 2.83. The van der Waals surface area contributed by atoms with Crippen molar-refractivity contribution in [1.29, 1.82) is 0 Å². The Balaban J connectivity index is 1.71. The van der Waals surface area contributed by atoms with Crippen molar-refractivity contribution in [2.24, 2.45) is 0 Å². The van der Waals surface area contributed by atoms with Crippen LogP contribution in [-0.2, 0) is 12.2 Å². The molecule has 154 valence electrons. The van der Waals surface area contributed by atoms with Crippen molar-refractivity contribution in [3.8, 4) is 11.5 Å². The first kappa shape index (κ1) is 19.3. The first-order valence-electron chi connectivity index (χ1n) is 10.1. The second-order valence-electron chi connectivity index (χ2n) is 7.57. The fourth-order valence-corrected chi connectivity index (χ4v) is 4.18. The van der Waals surface area contributed by atoms with Gasteiger partial charge in [-0.2, -0.15) is 0 Å². The minimum Gasteiger partial charge on any atom is -0.497 e. The number of rotatable bonds is 4. The molecular formula is C27H21FO3. The SMILES string of the molecule is COc1ccc2c3c(ccc2c1)OC(c1ccc(CO)cc1)(c1ccccc1F)C=C3. The van der Waals surface area contributed by atoms with E-state index in [1.807, 2.05) is 72.8 Å². The quantitative estimate of drug-likeness (QED) is 0.458. The highest BCUT2D eigenvalue weighted by Crippen LogP contribution is 2.45. The molecule has 4 aromatic carbocycles. The van der Waals surface area contributed by atoms with Gasteiger partial charge >= 0.3 is 0 Å². The Morgan fingerprint density at radius 3 is 2.52 bits per heavy atom. The van der Waals surface area contributed by atoms with E-state index in [2.05, 4.69) is 0 Å². The highest BCUT2D eigenvalue weighted by atomic mass is 19.1. The van der Waals surface area contributed by atoms with E-state index in [1.165, 1.54) is 6.07 Å². The molecule has 0 fully saturated rings. The molecule has 0 aliphatic carbocycles. The highest BCUT2D eigenvalue weighted by molar-refractivity contribution is 5.94. The van der Waals surface area contributed by atoms with Crippen LogP contribution in [0.5, 0.6) is 11.5 Å². The van der Waals surface area contributed by atoms with Crippen molar-refractivity contribution < 1.29 is 19.0 Å². The van der Waals surface area contributed by atoms with E-state index in [-0.39, 0.29) is 12.4 Å². The van der Waals surface area contributed by atoms with Crippen LogP contribution >= 0.6 is 0 Å². The van der Waals surface area contributed by atoms with Crippen LogP contribution in [0.25, 0.3) is 16.8 Å². The molecule has 4 aromatic rings. The van der Waals surface area contributed by atoms with Crippen molar-refractivity contribution in [3.63, 3.8) is 0 Å². The van der Waals surface area contributed by atoms with Gasteiger partial charge < -0.3 is 14.6 Å². The van der Waals surface area contributed by atoms with Crippen molar-refractivity contribution in [3.05, 3.63) is 113 Å². The Labute approximate surface area is 180 Å². The van der Waals surface area contributed by atoms with Crippen LogP contribution in [0.1, 0.15) is 22.3 Å². The van der Waals surface area contributed by atoms with Crippen molar-refractivity contribution in [2.45, 2.75) is 12.2 Å². The second-order valence-corrected chi connectivity index (χ2v) is 7.57. The molecule has 1 N–H and O–H groups in total. The number of aliphatic hydroxyl groups is 1. The van der Waals surface area contributed by atoms with Gasteiger partial charge in [0.05, 0.1) is 13.7 Å². The molecule has 1 aliphatic heterocycles. The number of ether oxygens (including phenoxy) is 2. The number of hydrogen-bond donors (Lipinski definition) is 1. The standard InChI is InChI=1S/C27H21FO3/c1-30-21-11-12-22-19(16-21)8-13-26-23(22)14-15-27(31-26,24-4-2-3-5-25(24)28)20-9-6-18(17-29)7-10-20/h2-16,29H,17H2,1H3. The van der Waals surface area contributed by atoms with Crippen molar-refractivity contribution >= 4 is 16.8 Å². The zero-order valence-corrected chi connectivity index (χ0v) is 17.0. The maximum atomic E-state index is 15.0. The number of fused-ring (bicyclic) bond motifs is 3. The van der Waals surface area contributed by atoms with E-state index >= 15 is 0 Å². The molecule has 4 heteroatoms. The van der Waals surface area contributed by atoms with E-state index in [0.29, 0.717) is 11.3 Å². The monoisotopic (exact) mass is 412 g/mol. The third-order valence-corrected chi connectivity index (χ3v) is 5.82. The predicted molar refractivity (Wildman–Crippen MR) is 120 cm³/mol. The molecule has 1 unspecified atom stereocenters. The number of halogens is 1. The van der Waals surface area contributed by atoms with E-state index in [1.54, 1.807) is 19.2 Å². The molecule has 3 nitrogen and oxygen atoms in total. The van der Waals surface area contributed by atoms with Crippen LogP contribution in [-0.4, -0.2) is 12.2 Å². The summed E-state index contributed by atoms with van der Waals surface area (Å²) in [4.78, 5) is 0. The predicted octanol–water partition coefficient (Wildman–Crippen LogP) is 5.83. The molecular weight excluding hydrogens is 391 g/mol. The molecule has 0 aromatic heterocycles. The largest absolute Gasteiger partial charge is 0.497 e. The summed E-state index contributed by atoms with van der Waals surface area (Å²) in [7, 11) is 1.65. The smallest absolute Gasteiger partial charge is 0.180 e. The molecule has 0 bridgehead atoms. The second kappa shape index (κ2) is 7.56. The van der Waals surface area contributed by atoms with Crippen LogP contribution in [0.15, 0.2) is 84.9 Å². The van der Waals surface area contributed by atoms with E-state index < -0.39 is 5.60 Å². The number of methoxy groups -OCH3 is 1. The molecule has 1 atom stereocenters. The molecule has 5 rings (SSSR count). The summed E-state index contributed by atoms with van der Waals surface area (Å²) in [5.41, 5.74) is 1.83. The third-order valence-electron chi connectivity index (χ3n) is 5.82. The van der Waals surface area contributed by atoms with Crippen LogP contribution in [0.4, 0.5) is 4.39 Å². The Bertz CT molecular complexity index is 1290. The summed E-state index contributed by atoms with van der Waals surface area (Å²) in [5, 5.41) is 11.5. The molecule has 31 heavy (non-hydrogen) atoms. The fourth-order valence-electron chi connectivity index (χ4n) is 4.18. The molecule has 0 amide bonds. The summed E-state index contributed by atoms with van der Waals surface area (Å²) in [5.74, 6) is 1.12. The number of hydrogen-bond acceptors (Lipinski definition) is 3. The van der Waals surface area contributed by atoms with E-state index in [4.69, 9.17) is 9.47 Å². The molecule has 0 radical (unpaired) electrons. The first-order valence-corrected chi connectivity index (χ1v) is 10.1. The van der Waals surface area contributed by atoms with E-state index in [0.717, 1.165) is 33.2 Å². The minimum atomic E-state index is -1.12. The van der Waals surface area contributed by atoms with Crippen LogP contribution < -0.4 is 9.47 Å². The van der Waals surface area contributed by atoms with Crippen LogP contribution in [0.2, 0.25) is 0 Å². The Kier molecular flexibility index (Phi) is 4.72. The normalized spacial score (nSPS) is 17.3. The Morgan fingerprint density at radius 1 is 0.968 bits per heavy atom. The molecule has 1 aliphatic rings. The van der Waals surface area contributed by atoms with Gasteiger partial charge in [0, 0.05) is 16.7 Å². The highest BCUT2D eigenvalue weighted by Gasteiger charge is 2.39. The van der Waals surface area contributed by atoms with Gasteiger partial charge in [0.25, 0.3) is 0 Å². The molecule has 0 spiro atoms. The van der Waals surface area contributed by atoms with Gasteiger partial charge in [-0.15, -0.1) is 0 Å². The fraction of sp³-hybridized carbons (Fsp3) is 0.111. The topological polar surface area (TPSA) is 38.7 Å². The van der Waals surface area contributed by atoms with Gasteiger partial charge in [-0.1, -0.05) is 48.5 Å². The summed E-state index contributed by atoms with van der Waals surface area (Å²) in [6, 6.07) is 23.9. The number of aliphatic hydroxyl groups excluding tert-OH is 1. The van der Waals surface area contributed by atoms with Crippen LogP contribution in [0, 0.1) is 5.82 Å². The maximum absolute atomic E-state index is 15.0. The van der Waals surface area contributed by atoms with Gasteiger partial charge in [-0.25, -0.2) is 4.39 Å². The summed E-state index contributed by atoms with van der Waals surface area (Å²) < 4.78 is 26.9. The third kappa shape index (κ3) is 3.16. The average molecular weight is 412 g/mol. The first-order chi connectivity index (χ1) is 15.1. The Morgan fingerprint density at radius 2 is 1.77 bits per heavy atom. The number of benzene rings is 4. The Hall–Kier alpha value is -3.63. The molecule has 0 saturated heterocycles. The van der Waals surface area contributed by atoms with Crippen molar-refractivity contribution in [2.75, 3.05) is 7.11 Å². The van der Waals surface area contributed by atoms with Gasteiger partial charge in [0.1, 0.15) is 17.3 Å². The summed E-state index contributed by atoms with van der Waals surface area (Å²) >= 11 is 0. The molecule has 0 saturated carbocycles. The van der Waals surface area contributed by atoms with Gasteiger partial charge in [0.15, 0.2) is 5.60 Å².